The zero-order valence-corrected chi connectivity index (χ0v) is 20.9. The molecule has 0 spiro atoms. The lowest BCUT2D eigenvalue weighted by molar-refractivity contribution is 0.00180. The summed E-state index contributed by atoms with van der Waals surface area (Å²) in [6.07, 6.45) is 7.71. The van der Waals surface area contributed by atoms with Crippen LogP contribution >= 0.6 is 15.9 Å². The molecule has 0 saturated carbocycles. The van der Waals surface area contributed by atoms with Crippen LogP contribution in [0.15, 0.2) is 22.7 Å². The monoisotopic (exact) mass is 476 g/mol. The average Bonchev–Trinajstić information content (AvgIpc) is 2.73. The first-order valence-electron chi connectivity index (χ1n) is 12.2. The summed E-state index contributed by atoms with van der Waals surface area (Å²) in [6.45, 7) is 15.4. The van der Waals surface area contributed by atoms with Gasteiger partial charge in [0.2, 0.25) is 0 Å². The lowest BCUT2D eigenvalue weighted by atomic mass is 9.86. The molecule has 0 bridgehead atoms. The summed E-state index contributed by atoms with van der Waals surface area (Å²) < 4.78 is 1.23. The first-order chi connectivity index (χ1) is 14.5. The number of likely N-dealkylation sites (tertiary alicyclic amines) is 1. The Morgan fingerprint density at radius 2 is 1.90 bits per heavy atom. The lowest BCUT2D eigenvalue weighted by Gasteiger charge is -2.48. The second kappa shape index (κ2) is 9.99. The summed E-state index contributed by atoms with van der Waals surface area (Å²) in [5.74, 6) is 0. The molecule has 0 aromatic heterocycles. The molecule has 5 heteroatoms. The van der Waals surface area contributed by atoms with Crippen molar-refractivity contribution in [3.8, 4) is 0 Å². The van der Waals surface area contributed by atoms with Crippen molar-refractivity contribution >= 4 is 15.9 Å². The lowest BCUT2D eigenvalue weighted by Crippen LogP contribution is -2.61. The van der Waals surface area contributed by atoms with Crippen LogP contribution in [0.1, 0.15) is 57.6 Å². The summed E-state index contributed by atoms with van der Waals surface area (Å²) in [6, 6.07) is 8.38. The summed E-state index contributed by atoms with van der Waals surface area (Å²) in [7, 11) is 0. The summed E-state index contributed by atoms with van der Waals surface area (Å²) in [5, 5.41) is 3.56. The Hall–Kier alpha value is -0.460. The van der Waals surface area contributed by atoms with E-state index in [9.17, 15) is 0 Å². The number of fused-ring (bicyclic) bond motifs is 1. The van der Waals surface area contributed by atoms with Crippen molar-refractivity contribution in [2.24, 2.45) is 0 Å². The number of aryl methyl sites for hydroxylation is 1. The molecular formula is C25H41BrN4. The highest BCUT2D eigenvalue weighted by molar-refractivity contribution is 9.10. The van der Waals surface area contributed by atoms with Gasteiger partial charge in [0, 0.05) is 54.8 Å². The molecule has 1 aliphatic carbocycles. The number of hydrogen-bond acceptors (Lipinski definition) is 4. The second-order valence-corrected chi connectivity index (χ2v) is 11.2. The number of rotatable bonds is 6. The minimum absolute atomic E-state index is 0.271. The summed E-state index contributed by atoms with van der Waals surface area (Å²) in [5.41, 5.74) is 3.41. The fraction of sp³-hybridized carbons (Fsp3) is 0.760. The van der Waals surface area contributed by atoms with Gasteiger partial charge in [-0.2, -0.15) is 0 Å². The van der Waals surface area contributed by atoms with Gasteiger partial charge < -0.3 is 5.32 Å². The van der Waals surface area contributed by atoms with E-state index in [0.29, 0.717) is 0 Å². The van der Waals surface area contributed by atoms with Gasteiger partial charge >= 0.3 is 0 Å². The maximum Gasteiger partial charge on any atom is 0.0512 e. The van der Waals surface area contributed by atoms with Crippen LogP contribution in [0.5, 0.6) is 0 Å². The second-order valence-electron chi connectivity index (χ2n) is 10.3. The van der Waals surface area contributed by atoms with Crippen LogP contribution < -0.4 is 5.32 Å². The number of nitrogens with zero attached hydrogens (tertiary/aromatic N) is 3. The van der Waals surface area contributed by atoms with Gasteiger partial charge in [-0.05, 0) is 82.2 Å². The zero-order valence-electron chi connectivity index (χ0n) is 19.3. The van der Waals surface area contributed by atoms with Crippen LogP contribution in [-0.2, 0) is 12.8 Å². The highest BCUT2D eigenvalue weighted by Crippen LogP contribution is 2.30. The highest BCUT2D eigenvalue weighted by Gasteiger charge is 2.34. The first-order valence-corrected chi connectivity index (χ1v) is 13.0. The highest BCUT2D eigenvalue weighted by atomic mass is 79.9. The molecule has 1 aromatic rings. The fourth-order valence-electron chi connectivity index (χ4n) is 5.83. The van der Waals surface area contributed by atoms with Crippen LogP contribution in [0.2, 0.25) is 0 Å². The normalized spacial score (nSPS) is 26.1. The van der Waals surface area contributed by atoms with E-state index in [0.717, 1.165) is 31.8 Å². The average molecular weight is 478 g/mol. The van der Waals surface area contributed by atoms with E-state index in [4.69, 9.17) is 0 Å². The van der Waals surface area contributed by atoms with Crippen LogP contribution in [0.25, 0.3) is 0 Å². The zero-order chi connectivity index (χ0) is 21.1. The molecule has 1 atom stereocenters. The Labute approximate surface area is 192 Å². The molecule has 2 heterocycles. The molecule has 2 saturated heterocycles. The van der Waals surface area contributed by atoms with Crippen LogP contribution in [0, 0.1) is 0 Å². The Bertz CT molecular complexity index is 698. The van der Waals surface area contributed by atoms with Crippen molar-refractivity contribution < 1.29 is 0 Å². The van der Waals surface area contributed by atoms with Crippen molar-refractivity contribution in [3.05, 3.63) is 33.8 Å². The van der Waals surface area contributed by atoms with Crippen LogP contribution in [0.4, 0.5) is 0 Å². The summed E-state index contributed by atoms with van der Waals surface area (Å²) >= 11 is 3.68. The molecule has 4 rings (SSSR count). The van der Waals surface area contributed by atoms with E-state index in [1.165, 1.54) is 69.2 Å². The largest absolute Gasteiger partial charge is 0.314 e. The minimum Gasteiger partial charge on any atom is -0.314 e. The molecule has 30 heavy (non-hydrogen) atoms. The topological polar surface area (TPSA) is 21.8 Å². The van der Waals surface area contributed by atoms with Gasteiger partial charge in [0.15, 0.2) is 0 Å². The van der Waals surface area contributed by atoms with E-state index in [1.54, 1.807) is 11.1 Å². The van der Waals surface area contributed by atoms with Gasteiger partial charge in [-0.1, -0.05) is 28.9 Å². The molecule has 2 aliphatic heterocycles. The van der Waals surface area contributed by atoms with E-state index in [1.807, 2.05) is 0 Å². The molecule has 3 aliphatic rings. The number of benzene rings is 1. The molecule has 0 radical (unpaired) electrons. The summed E-state index contributed by atoms with van der Waals surface area (Å²) in [4.78, 5) is 8.29. The predicted molar refractivity (Wildman–Crippen MR) is 130 cm³/mol. The molecule has 0 amide bonds. The smallest absolute Gasteiger partial charge is 0.0512 e. The number of halogens is 1. The Morgan fingerprint density at radius 1 is 1.10 bits per heavy atom. The fourth-order valence-corrected chi connectivity index (χ4v) is 6.24. The Kier molecular flexibility index (Phi) is 7.57. The predicted octanol–water partition coefficient (Wildman–Crippen LogP) is 4.12. The van der Waals surface area contributed by atoms with E-state index < -0.39 is 0 Å². The minimum atomic E-state index is 0.271. The van der Waals surface area contributed by atoms with Gasteiger partial charge in [-0.15, -0.1) is 0 Å². The van der Waals surface area contributed by atoms with Gasteiger partial charge in [0.25, 0.3) is 0 Å². The standard InChI is InChI=1S/C25H41BrN4/c1-4-12-30(24-8-6-20-5-7-22(26)16-21(20)17-24)23-9-13-28(14-10-23)19-29-15-11-27-18-25(29,2)3/h5,7,16,23-24,27H,4,6,8-15,17-19H2,1-3H3. The number of piperazine rings is 1. The maximum atomic E-state index is 3.68. The van der Waals surface area contributed by atoms with Crippen LogP contribution in [-0.4, -0.2) is 78.3 Å². The van der Waals surface area contributed by atoms with E-state index in [-0.39, 0.29) is 5.54 Å². The Balaban J connectivity index is 1.35. The molecule has 1 N–H and O–H groups in total. The van der Waals surface area contributed by atoms with Gasteiger partial charge in [-0.25, -0.2) is 0 Å². The van der Waals surface area contributed by atoms with Gasteiger partial charge in [0.05, 0.1) is 6.67 Å². The third kappa shape index (κ3) is 5.29. The molecular weight excluding hydrogens is 436 g/mol. The van der Waals surface area contributed by atoms with Crippen molar-refractivity contribution in [1.29, 1.82) is 0 Å². The van der Waals surface area contributed by atoms with Gasteiger partial charge in [-0.3, -0.25) is 14.7 Å². The van der Waals surface area contributed by atoms with Crippen molar-refractivity contribution in [2.75, 3.05) is 45.9 Å². The van der Waals surface area contributed by atoms with Crippen molar-refractivity contribution in [1.82, 2.24) is 20.0 Å². The van der Waals surface area contributed by atoms with Crippen LogP contribution in [0.3, 0.4) is 0 Å². The molecule has 2 fully saturated rings. The van der Waals surface area contributed by atoms with E-state index in [2.05, 4.69) is 74.9 Å². The number of piperidine rings is 1. The molecule has 168 valence electrons. The maximum absolute atomic E-state index is 3.68. The molecule has 1 aromatic carbocycles. The number of hydrogen-bond donors (Lipinski definition) is 1. The quantitative estimate of drug-likeness (QED) is 0.665. The SMILES string of the molecule is CCCN(C1CCN(CN2CCNCC2(C)C)CC1)C1CCc2ccc(Br)cc2C1. The first kappa shape index (κ1) is 22.7. The third-order valence-corrected chi connectivity index (χ3v) is 8.18. The van der Waals surface area contributed by atoms with Crippen molar-refractivity contribution in [3.63, 3.8) is 0 Å². The van der Waals surface area contributed by atoms with Gasteiger partial charge in [0.1, 0.15) is 0 Å². The molecule has 4 nitrogen and oxygen atoms in total. The molecule has 1 unspecified atom stereocenters. The third-order valence-electron chi connectivity index (χ3n) is 7.69. The Morgan fingerprint density at radius 3 is 2.63 bits per heavy atom. The number of nitrogens with one attached hydrogen (secondary N) is 1. The van der Waals surface area contributed by atoms with Crippen molar-refractivity contribution in [2.45, 2.75) is 76.9 Å². The van der Waals surface area contributed by atoms with E-state index >= 15 is 0 Å².